The number of amides is 2. The van der Waals surface area contributed by atoms with Gasteiger partial charge in [0.1, 0.15) is 18.2 Å². The van der Waals surface area contributed by atoms with Gasteiger partial charge < -0.3 is 19.7 Å². The highest BCUT2D eigenvalue weighted by atomic mass is 35.5. The molecule has 8 heteroatoms. The Hall–Kier alpha value is -1.86. The fourth-order valence-electron chi connectivity index (χ4n) is 4.42. The number of fused-ring (bicyclic) bond motifs is 1. The van der Waals surface area contributed by atoms with E-state index in [2.05, 4.69) is 5.32 Å². The zero-order valence-electron chi connectivity index (χ0n) is 16.2. The quantitative estimate of drug-likeness (QED) is 0.730. The number of hydrogen-bond donors (Lipinski definition) is 1. The lowest BCUT2D eigenvalue weighted by molar-refractivity contribution is -0.139. The van der Waals surface area contributed by atoms with Gasteiger partial charge in [0, 0.05) is 25.2 Å². The van der Waals surface area contributed by atoms with Gasteiger partial charge in [-0.2, -0.15) is 0 Å². The van der Waals surface area contributed by atoms with Crippen molar-refractivity contribution in [1.82, 2.24) is 10.2 Å². The Kier molecular flexibility index (Phi) is 6.25. The first-order valence-corrected chi connectivity index (χ1v) is 10.6. The Morgan fingerprint density at radius 1 is 1.17 bits per heavy atom. The van der Waals surface area contributed by atoms with Crippen molar-refractivity contribution in [3.05, 3.63) is 29.0 Å². The van der Waals surface area contributed by atoms with Gasteiger partial charge in [-0.3, -0.25) is 9.59 Å². The number of likely N-dealkylation sites (tertiary alicyclic amines) is 1. The van der Waals surface area contributed by atoms with E-state index in [4.69, 9.17) is 21.1 Å². The van der Waals surface area contributed by atoms with Crippen LogP contribution in [0.2, 0.25) is 5.02 Å². The van der Waals surface area contributed by atoms with E-state index in [0.29, 0.717) is 11.8 Å². The first-order valence-electron chi connectivity index (χ1n) is 10.2. The largest absolute Gasteiger partial charge is 0.484 e. The minimum atomic E-state index is -0.578. The summed E-state index contributed by atoms with van der Waals surface area (Å²) < 4.78 is 24.4. The summed E-state index contributed by atoms with van der Waals surface area (Å²) in [6.45, 7) is 1.50. The van der Waals surface area contributed by atoms with Crippen molar-refractivity contribution >= 4 is 23.4 Å². The summed E-state index contributed by atoms with van der Waals surface area (Å²) in [5.41, 5.74) is 0. The molecule has 6 nitrogen and oxygen atoms in total. The molecule has 1 saturated heterocycles. The summed E-state index contributed by atoms with van der Waals surface area (Å²) in [6.07, 6.45) is 5.32. The van der Waals surface area contributed by atoms with Crippen molar-refractivity contribution in [2.24, 2.45) is 11.8 Å². The van der Waals surface area contributed by atoms with E-state index in [1.807, 2.05) is 4.90 Å². The zero-order chi connectivity index (χ0) is 20.4. The first-order chi connectivity index (χ1) is 14.0. The SMILES string of the molecule is O=C(COc1ccc(Cl)c(F)c1)N[C@@H]1C[C@@H]2CN(C(=O)COC3CCC3)C[C@@H]2C1. The molecule has 1 heterocycles. The summed E-state index contributed by atoms with van der Waals surface area (Å²) in [6, 6.07) is 4.17. The van der Waals surface area contributed by atoms with Gasteiger partial charge >= 0.3 is 0 Å². The number of halogens is 2. The summed E-state index contributed by atoms with van der Waals surface area (Å²) in [5, 5.41) is 3.01. The molecule has 2 saturated carbocycles. The van der Waals surface area contributed by atoms with Gasteiger partial charge in [0.15, 0.2) is 6.61 Å². The van der Waals surface area contributed by atoms with Crippen molar-refractivity contribution in [2.75, 3.05) is 26.3 Å². The molecule has 0 bridgehead atoms. The fourth-order valence-corrected chi connectivity index (χ4v) is 4.54. The van der Waals surface area contributed by atoms with Crippen LogP contribution in [0.3, 0.4) is 0 Å². The topological polar surface area (TPSA) is 67.9 Å². The molecule has 0 radical (unpaired) electrons. The highest BCUT2D eigenvalue weighted by Crippen LogP contribution is 2.38. The Balaban J connectivity index is 1.16. The van der Waals surface area contributed by atoms with E-state index in [9.17, 15) is 14.0 Å². The van der Waals surface area contributed by atoms with Gasteiger partial charge in [0.2, 0.25) is 5.91 Å². The Morgan fingerprint density at radius 3 is 2.52 bits per heavy atom. The maximum absolute atomic E-state index is 13.4. The summed E-state index contributed by atoms with van der Waals surface area (Å²) >= 11 is 5.63. The second kappa shape index (κ2) is 8.88. The summed E-state index contributed by atoms with van der Waals surface area (Å²) in [5.74, 6) is 0.370. The third-order valence-electron chi connectivity index (χ3n) is 6.22. The number of nitrogens with zero attached hydrogens (tertiary/aromatic N) is 1. The van der Waals surface area contributed by atoms with Gasteiger partial charge in [-0.25, -0.2) is 4.39 Å². The van der Waals surface area contributed by atoms with Gasteiger partial charge in [0.25, 0.3) is 5.91 Å². The predicted octanol–water partition coefficient (Wildman–Crippen LogP) is 2.78. The molecule has 3 atom stereocenters. The van der Waals surface area contributed by atoms with Crippen LogP contribution in [-0.4, -0.2) is 55.2 Å². The summed E-state index contributed by atoms with van der Waals surface area (Å²) in [7, 11) is 0. The van der Waals surface area contributed by atoms with Crippen LogP contribution < -0.4 is 10.1 Å². The average Bonchev–Trinajstić information content (AvgIpc) is 3.20. The first kappa shape index (κ1) is 20.4. The Labute approximate surface area is 174 Å². The van der Waals surface area contributed by atoms with Crippen LogP contribution in [0.15, 0.2) is 18.2 Å². The van der Waals surface area contributed by atoms with E-state index >= 15 is 0 Å². The molecule has 2 aliphatic carbocycles. The standard InChI is InChI=1S/C21H26ClFN2O4/c22-18-5-4-17(8-19(18)23)28-11-20(26)24-15-6-13-9-25(10-14(13)7-15)21(27)12-29-16-2-1-3-16/h4-5,8,13-16H,1-3,6-7,9-12H2,(H,24,26)/t13-,14+,15-. The van der Waals surface area contributed by atoms with Crippen LogP contribution in [0, 0.1) is 17.7 Å². The lowest BCUT2D eigenvalue weighted by atomic mass is 9.96. The van der Waals surface area contributed by atoms with Crippen LogP contribution in [0.5, 0.6) is 5.75 Å². The van der Waals surface area contributed by atoms with Crippen molar-refractivity contribution in [3.8, 4) is 5.75 Å². The number of carbonyl (C=O) groups is 2. The fraction of sp³-hybridized carbons (Fsp3) is 0.619. The number of nitrogens with one attached hydrogen (secondary N) is 1. The van der Waals surface area contributed by atoms with Crippen LogP contribution in [0.25, 0.3) is 0 Å². The molecule has 3 fully saturated rings. The molecule has 1 aliphatic heterocycles. The zero-order valence-corrected chi connectivity index (χ0v) is 17.0. The predicted molar refractivity (Wildman–Crippen MR) is 105 cm³/mol. The smallest absolute Gasteiger partial charge is 0.258 e. The molecule has 1 N–H and O–H groups in total. The van der Waals surface area contributed by atoms with E-state index in [1.54, 1.807) is 0 Å². The van der Waals surface area contributed by atoms with Gasteiger partial charge in [-0.05, 0) is 56.1 Å². The Bertz CT molecular complexity index is 759. The second-order valence-corrected chi connectivity index (χ2v) is 8.69. The molecule has 29 heavy (non-hydrogen) atoms. The number of hydrogen-bond acceptors (Lipinski definition) is 4. The van der Waals surface area contributed by atoms with Crippen molar-refractivity contribution in [2.45, 2.75) is 44.2 Å². The number of rotatable bonds is 7. The minimum absolute atomic E-state index is 0.0152. The van der Waals surface area contributed by atoms with Gasteiger partial charge in [-0.1, -0.05) is 11.6 Å². The van der Waals surface area contributed by atoms with E-state index in [1.165, 1.54) is 18.6 Å². The number of ether oxygens (including phenoxy) is 2. The van der Waals surface area contributed by atoms with Gasteiger partial charge in [-0.15, -0.1) is 0 Å². The highest BCUT2D eigenvalue weighted by Gasteiger charge is 2.42. The molecule has 0 spiro atoms. The van der Waals surface area contributed by atoms with E-state index < -0.39 is 5.82 Å². The highest BCUT2D eigenvalue weighted by molar-refractivity contribution is 6.30. The maximum Gasteiger partial charge on any atom is 0.258 e. The molecule has 3 aliphatic rings. The number of benzene rings is 1. The molecular formula is C21H26ClFN2O4. The molecule has 2 amide bonds. The molecule has 0 unspecified atom stereocenters. The molecule has 1 aromatic rings. The molecular weight excluding hydrogens is 399 g/mol. The molecule has 0 aromatic heterocycles. The monoisotopic (exact) mass is 424 g/mol. The van der Waals surface area contributed by atoms with Gasteiger partial charge in [0.05, 0.1) is 11.1 Å². The third-order valence-corrected chi connectivity index (χ3v) is 6.53. The van der Waals surface area contributed by atoms with E-state index in [-0.39, 0.29) is 47.9 Å². The lowest BCUT2D eigenvalue weighted by Crippen LogP contribution is -2.39. The number of carbonyl (C=O) groups excluding carboxylic acids is 2. The average molecular weight is 425 g/mol. The summed E-state index contributed by atoms with van der Waals surface area (Å²) in [4.78, 5) is 26.4. The maximum atomic E-state index is 13.4. The molecule has 158 valence electrons. The normalized spacial score (nSPS) is 26.1. The van der Waals surface area contributed by atoms with Crippen molar-refractivity contribution in [3.63, 3.8) is 0 Å². The third kappa shape index (κ3) is 5.01. The second-order valence-electron chi connectivity index (χ2n) is 8.28. The minimum Gasteiger partial charge on any atom is -0.484 e. The molecule has 4 rings (SSSR count). The van der Waals surface area contributed by atoms with Crippen LogP contribution >= 0.6 is 11.6 Å². The molecule has 1 aromatic carbocycles. The lowest BCUT2D eigenvalue weighted by Gasteiger charge is -2.26. The van der Waals surface area contributed by atoms with Crippen LogP contribution in [-0.2, 0) is 14.3 Å². The Morgan fingerprint density at radius 2 is 1.90 bits per heavy atom. The van der Waals surface area contributed by atoms with E-state index in [0.717, 1.165) is 44.8 Å². The van der Waals surface area contributed by atoms with Crippen molar-refractivity contribution in [1.29, 1.82) is 0 Å². The van der Waals surface area contributed by atoms with Crippen LogP contribution in [0.1, 0.15) is 32.1 Å². The van der Waals surface area contributed by atoms with Crippen molar-refractivity contribution < 1.29 is 23.5 Å². The van der Waals surface area contributed by atoms with Crippen LogP contribution in [0.4, 0.5) is 4.39 Å².